The molecule has 9 heteroatoms. The van der Waals surface area contributed by atoms with E-state index in [0.717, 1.165) is 41.7 Å². The van der Waals surface area contributed by atoms with Crippen LogP contribution in [0, 0.1) is 0 Å². The van der Waals surface area contributed by atoms with Crippen molar-refractivity contribution in [2.45, 2.75) is 43.9 Å². The molecule has 1 saturated heterocycles. The van der Waals surface area contributed by atoms with Crippen LogP contribution in [0.5, 0.6) is 5.88 Å². The summed E-state index contributed by atoms with van der Waals surface area (Å²) in [5.41, 5.74) is 3.63. The lowest BCUT2D eigenvalue weighted by Gasteiger charge is -2.19. The molecule has 0 spiro atoms. The van der Waals surface area contributed by atoms with Crippen molar-refractivity contribution in [2.75, 3.05) is 30.9 Å². The second-order valence-corrected chi connectivity index (χ2v) is 12.9. The van der Waals surface area contributed by atoms with Crippen LogP contribution in [-0.2, 0) is 15.4 Å². The predicted octanol–water partition coefficient (Wildman–Crippen LogP) is 6.12. The van der Waals surface area contributed by atoms with E-state index in [2.05, 4.69) is 40.7 Å². The lowest BCUT2D eigenvalue weighted by molar-refractivity contribution is 0.197. The topological polar surface area (TPSA) is 104 Å². The van der Waals surface area contributed by atoms with Crippen molar-refractivity contribution in [3.8, 4) is 17.0 Å². The molecule has 1 amide bonds. The number of likely N-dealkylation sites (tertiary alicyclic amines) is 1. The van der Waals surface area contributed by atoms with Crippen molar-refractivity contribution < 1.29 is 17.9 Å². The summed E-state index contributed by atoms with van der Waals surface area (Å²) in [6, 6.07) is 21.7. The number of nitrogens with one attached hydrogen (secondary N) is 3. The third kappa shape index (κ3) is 6.32. The molecule has 0 bridgehead atoms. The van der Waals surface area contributed by atoms with Gasteiger partial charge in [0.05, 0.1) is 10.5 Å². The van der Waals surface area contributed by atoms with Crippen LogP contribution >= 0.6 is 0 Å². The number of aromatic nitrogens is 1. The number of fused-ring (bicyclic) bond motifs is 1. The molecule has 1 aromatic heterocycles. The Morgan fingerprint density at radius 3 is 2.35 bits per heavy atom. The second-order valence-electron chi connectivity index (χ2n) is 11.2. The van der Waals surface area contributed by atoms with Gasteiger partial charge >= 0.3 is 6.09 Å². The summed E-state index contributed by atoms with van der Waals surface area (Å²) in [5.74, 6) is 0.303. The van der Waals surface area contributed by atoms with E-state index in [1.165, 1.54) is 12.8 Å². The largest absolute Gasteiger partial charge is 0.413 e. The predicted molar refractivity (Wildman–Crippen MR) is 159 cm³/mol. The van der Waals surface area contributed by atoms with Gasteiger partial charge in [-0.15, -0.1) is 0 Å². The van der Waals surface area contributed by atoms with Crippen LogP contribution in [0.3, 0.4) is 0 Å². The Morgan fingerprint density at radius 1 is 0.975 bits per heavy atom. The number of hydrogen-bond acceptors (Lipinski definition) is 5. The highest BCUT2D eigenvalue weighted by Gasteiger charge is 2.21. The lowest BCUT2D eigenvalue weighted by Crippen LogP contribution is -2.35. The summed E-state index contributed by atoms with van der Waals surface area (Å²) in [7, 11) is -3.81. The van der Waals surface area contributed by atoms with Gasteiger partial charge in [0.25, 0.3) is 10.0 Å². The summed E-state index contributed by atoms with van der Waals surface area (Å²) in [4.78, 5) is 18.4. The number of rotatable bonds is 8. The number of H-pyrrole nitrogens is 1. The molecule has 210 valence electrons. The van der Waals surface area contributed by atoms with E-state index < -0.39 is 16.1 Å². The number of amides is 1. The molecule has 1 aliphatic heterocycles. The highest BCUT2D eigenvalue weighted by molar-refractivity contribution is 7.92. The van der Waals surface area contributed by atoms with Crippen LogP contribution in [0.15, 0.2) is 77.7 Å². The molecule has 0 aliphatic carbocycles. The van der Waals surface area contributed by atoms with Gasteiger partial charge < -0.3 is 19.9 Å². The van der Waals surface area contributed by atoms with Gasteiger partial charge in [-0.05, 0) is 72.8 Å². The molecule has 0 radical (unpaired) electrons. The van der Waals surface area contributed by atoms with Crippen LogP contribution in [-0.4, -0.2) is 50.6 Å². The molecule has 3 N–H and O–H groups in total. The SMILES string of the molecule is CC(C)(C)c1ccc(S(=O)(=O)Nc2ccc3[nH]c(OC(=O)NCCN4CCCC4)c(-c4ccccc4)c3c2)cc1. The van der Waals surface area contributed by atoms with Crippen molar-refractivity contribution in [3.05, 3.63) is 78.4 Å². The Balaban J connectivity index is 1.40. The van der Waals surface area contributed by atoms with E-state index in [9.17, 15) is 13.2 Å². The van der Waals surface area contributed by atoms with Crippen LogP contribution < -0.4 is 14.8 Å². The van der Waals surface area contributed by atoms with Crippen LogP contribution in [0.1, 0.15) is 39.2 Å². The minimum Gasteiger partial charge on any atom is -0.393 e. The number of aromatic amines is 1. The zero-order valence-corrected chi connectivity index (χ0v) is 24.0. The third-order valence-electron chi connectivity index (χ3n) is 7.20. The first-order chi connectivity index (χ1) is 19.1. The van der Waals surface area contributed by atoms with E-state index in [-0.39, 0.29) is 10.3 Å². The summed E-state index contributed by atoms with van der Waals surface area (Å²) < 4.78 is 34.8. The lowest BCUT2D eigenvalue weighted by atomic mass is 9.87. The molecule has 40 heavy (non-hydrogen) atoms. The number of carbonyl (C=O) groups excluding carboxylic acids is 1. The van der Waals surface area contributed by atoms with Gasteiger partial charge in [0, 0.05) is 29.7 Å². The molecule has 0 unspecified atom stereocenters. The van der Waals surface area contributed by atoms with Crippen LogP contribution in [0.2, 0.25) is 0 Å². The quantitative estimate of drug-likeness (QED) is 0.241. The molecule has 5 rings (SSSR count). The molecular formula is C31H36N4O4S. The highest BCUT2D eigenvalue weighted by Crippen LogP contribution is 2.39. The van der Waals surface area contributed by atoms with E-state index in [0.29, 0.717) is 23.7 Å². The van der Waals surface area contributed by atoms with Gasteiger partial charge in [-0.1, -0.05) is 63.2 Å². The van der Waals surface area contributed by atoms with Gasteiger partial charge in [0.2, 0.25) is 5.88 Å². The molecule has 3 aromatic carbocycles. The summed E-state index contributed by atoms with van der Waals surface area (Å²) in [5, 5.41) is 3.57. The molecule has 8 nitrogen and oxygen atoms in total. The fourth-order valence-electron chi connectivity index (χ4n) is 5.00. The second kappa shape index (κ2) is 11.3. The minimum atomic E-state index is -3.81. The first-order valence-electron chi connectivity index (χ1n) is 13.6. The fraction of sp³-hybridized carbons (Fsp3) is 0.323. The normalized spacial score (nSPS) is 14.4. The number of nitrogens with zero attached hydrogens (tertiary/aromatic N) is 1. The van der Waals surface area contributed by atoms with Crippen molar-refractivity contribution in [1.29, 1.82) is 0 Å². The third-order valence-corrected chi connectivity index (χ3v) is 8.60. The van der Waals surface area contributed by atoms with Crippen molar-refractivity contribution in [2.24, 2.45) is 0 Å². The summed E-state index contributed by atoms with van der Waals surface area (Å²) >= 11 is 0. The first kappa shape index (κ1) is 27.7. The number of benzene rings is 3. The Hall–Kier alpha value is -3.82. The van der Waals surface area contributed by atoms with Gasteiger partial charge in [-0.3, -0.25) is 4.72 Å². The summed E-state index contributed by atoms with van der Waals surface area (Å²) in [6.45, 7) is 9.67. The van der Waals surface area contributed by atoms with E-state index in [1.807, 2.05) is 42.5 Å². The molecule has 0 saturated carbocycles. The number of anilines is 1. The zero-order valence-electron chi connectivity index (χ0n) is 23.2. The molecule has 4 aromatic rings. The van der Waals surface area contributed by atoms with Gasteiger partial charge in [-0.25, -0.2) is 13.2 Å². The maximum absolute atomic E-state index is 13.2. The molecule has 1 fully saturated rings. The molecule has 0 atom stereocenters. The van der Waals surface area contributed by atoms with Crippen LogP contribution in [0.25, 0.3) is 22.0 Å². The molecular weight excluding hydrogens is 524 g/mol. The average Bonchev–Trinajstić information content (AvgIpc) is 3.56. The maximum Gasteiger partial charge on any atom is 0.413 e. The minimum absolute atomic E-state index is 0.0759. The first-order valence-corrected chi connectivity index (χ1v) is 15.1. The number of carbonyl (C=O) groups is 1. The Labute approximate surface area is 235 Å². The maximum atomic E-state index is 13.2. The van der Waals surface area contributed by atoms with Gasteiger partial charge in [0.15, 0.2) is 0 Å². The smallest absolute Gasteiger partial charge is 0.393 e. The van der Waals surface area contributed by atoms with Crippen molar-refractivity contribution in [3.63, 3.8) is 0 Å². The molecule has 1 aliphatic rings. The fourth-order valence-corrected chi connectivity index (χ4v) is 6.05. The Kier molecular flexibility index (Phi) is 7.87. The van der Waals surface area contributed by atoms with E-state index in [1.54, 1.807) is 30.3 Å². The van der Waals surface area contributed by atoms with Crippen molar-refractivity contribution in [1.82, 2.24) is 15.2 Å². The van der Waals surface area contributed by atoms with E-state index in [4.69, 9.17) is 4.74 Å². The van der Waals surface area contributed by atoms with Crippen LogP contribution in [0.4, 0.5) is 10.5 Å². The van der Waals surface area contributed by atoms with Gasteiger partial charge in [-0.2, -0.15) is 0 Å². The Morgan fingerprint density at radius 2 is 1.68 bits per heavy atom. The summed E-state index contributed by atoms with van der Waals surface area (Å²) in [6.07, 6.45) is 1.85. The number of hydrogen-bond donors (Lipinski definition) is 3. The molecule has 2 heterocycles. The number of ether oxygens (including phenoxy) is 1. The van der Waals surface area contributed by atoms with Gasteiger partial charge in [0.1, 0.15) is 0 Å². The van der Waals surface area contributed by atoms with Crippen molar-refractivity contribution >= 4 is 32.7 Å². The average molecular weight is 561 g/mol. The van der Waals surface area contributed by atoms with E-state index >= 15 is 0 Å². The highest BCUT2D eigenvalue weighted by atomic mass is 32.2. The monoisotopic (exact) mass is 560 g/mol. The zero-order chi connectivity index (χ0) is 28.3. The Bertz CT molecular complexity index is 1580. The standard InChI is InChI=1S/C31H36N4O4S/c1-31(2,3)23-11-14-25(15-12-23)40(37,38)34-24-13-16-27-26(21-24)28(22-9-5-4-6-10-22)29(33-27)39-30(36)32-17-20-35-18-7-8-19-35/h4-6,9-16,21,33-34H,7-8,17-20H2,1-3H3,(H,32,36). The number of sulfonamides is 1.